The average molecular weight is 431 g/mol. The largest absolute Gasteiger partial charge is 0.353 e. The Bertz CT molecular complexity index is 1050. The zero-order chi connectivity index (χ0) is 20.3. The summed E-state index contributed by atoms with van der Waals surface area (Å²) in [5.74, 6) is 1.57. The lowest BCUT2D eigenvalue weighted by atomic mass is 10.3. The molecule has 1 aliphatic heterocycles. The lowest BCUT2D eigenvalue weighted by Gasteiger charge is -2.35. The second-order valence-electron chi connectivity index (χ2n) is 6.61. The van der Waals surface area contributed by atoms with Gasteiger partial charge in [-0.15, -0.1) is 11.3 Å². The van der Waals surface area contributed by atoms with Crippen LogP contribution in [0.1, 0.15) is 11.8 Å². The second-order valence-corrected chi connectivity index (χ2v) is 9.69. The first kappa shape index (κ1) is 19.6. The van der Waals surface area contributed by atoms with E-state index in [9.17, 15) is 8.42 Å². The third-order valence-corrected chi connectivity index (χ3v) is 7.78. The Kier molecular flexibility index (Phi) is 5.63. The van der Waals surface area contributed by atoms with Crippen LogP contribution < -0.4 is 14.5 Å². The summed E-state index contributed by atoms with van der Waals surface area (Å²) < 4.78 is 27.9. The molecule has 8 nitrogen and oxygen atoms in total. The fourth-order valence-corrected chi connectivity index (χ4v) is 5.44. The third kappa shape index (κ3) is 4.48. The maximum absolute atomic E-state index is 12.5. The first-order valence-corrected chi connectivity index (χ1v) is 11.7. The molecular formula is C19H22N6O2S2. The standard InChI is InChI=1S/C19H22N6O2S2/c1-2-16-6-7-18(28-16)29(26,27)23-15-13-21-19(22-14-15)25-11-9-24(10-12-25)17-5-3-4-8-20-17/h3-8,13-14,23H,2,9-12H2,1H3. The van der Waals surface area contributed by atoms with Gasteiger partial charge in [0.25, 0.3) is 10.0 Å². The van der Waals surface area contributed by atoms with Gasteiger partial charge in [0.05, 0.1) is 18.1 Å². The van der Waals surface area contributed by atoms with Crippen LogP contribution in [-0.2, 0) is 16.4 Å². The SMILES string of the molecule is CCc1ccc(S(=O)(=O)Nc2cnc(N3CCN(c4ccccn4)CC3)nc2)s1. The van der Waals surface area contributed by atoms with E-state index in [1.807, 2.05) is 31.2 Å². The summed E-state index contributed by atoms with van der Waals surface area (Å²) in [5, 5.41) is 0. The van der Waals surface area contributed by atoms with Crippen LogP contribution in [0.3, 0.4) is 0 Å². The highest BCUT2D eigenvalue weighted by Crippen LogP contribution is 2.24. The van der Waals surface area contributed by atoms with Gasteiger partial charge in [0.1, 0.15) is 10.0 Å². The fraction of sp³-hybridized carbons (Fsp3) is 0.316. The molecule has 10 heteroatoms. The Labute approximate surface area is 174 Å². The van der Waals surface area contributed by atoms with Crippen molar-refractivity contribution in [1.82, 2.24) is 15.0 Å². The lowest BCUT2D eigenvalue weighted by molar-refractivity contribution is 0.603. The van der Waals surface area contributed by atoms with Crippen LogP contribution in [0.4, 0.5) is 17.5 Å². The molecule has 0 spiro atoms. The van der Waals surface area contributed by atoms with Gasteiger partial charge in [-0.2, -0.15) is 0 Å². The number of nitrogens with zero attached hydrogens (tertiary/aromatic N) is 5. The van der Waals surface area contributed by atoms with Crippen molar-refractivity contribution in [1.29, 1.82) is 0 Å². The van der Waals surface area contributed by atoms with E-state index in [2.05, 4.69) is 29.5 Å². The maximum atomic E-state index is 12.5. The van der Waals surface area contributed by atoms with Gasteiger partial charge in [-0.1, -0.05) is 13.0 Å². The number of sulfonamides is 1. The molecule has 0 aromatic carbocycles. The summed E-state index contributed by atoms with van der Waals surface area (Å²) in [4.78, 5) is 18.4. The number of thiophene rings is 1. The molecule has 152 valence electrons. The maximum Gasteiger partial charge on any atom is 0.271 e. The van der Waals surface area contributed by atoms with Crippen molar-refractivity contribution in [2.75, 3.05) is 40.7 Å². The first-order chi connectivity index (χ1) is 14.0. The van der Waals surface area contributed by atoms with E-state index in [-0.39, 0.29) is 0 Å². The van der Waals surface area contributed by atoms with Crippen molar-refractivity contribution < 1.29 is 8.42 Å². The topological polar surface area (TPSA) is 91.3 Å². The van der Waals surface area contributed by atoms with Crippen LogP contribution in [0, 0.1) is 0 Å². The number of nitrogens with one attached hydrogen (secondary N) is 1. The number of hydrogen-bond acceptors (Lipinski definition) is 8. The normalized spacial score (nSPS) is 14.8. The molecule has 1 saturated heterocycles. The van der Waals surface area contributed by atoms with Crippen molar-refractivity contribution in [2.24, 2.45) is 0 Å². The van der Waals surface area contributed by atoms with Crippen molar-refractivity contribution in [3.8, 4) is 0 Å². The summed E-state index contributed by atoms with van der Waals surface area (Å²) in [7, 11) is -3.62. The monoisotopic (exact) mass is 430 g/mol. The number of piperazine rings is 1. The van der Waals surface area contributed by atoms with Gasteiger partial charge in [-0.05, 0) is 30.7 Å². The minimum atomic E-state index is -3.62. The fourth-order valence-electron chi connectivity index (χ4n) is 3.11. The van der Waals surface area contributed by atoms with E-state index in [4.69, 9.17) is 0 Å². The molecule has 0 bridgehead atoms. The molecule has 3 aromatic heterocycles. The molecular weight excluding hydrogens is 408 g/mol. The number of anilines is 3. The molecule has 4 rings (SSSR count). The van der Waals surface area contributed by atoms with Gasteiger partial charge < -0.3 is 9.80 Å². The van der Waals surface area contributed by atoms with E-state index >= 15 is 0 Å². The van der Waals surface area contributed by atoms with E-state index in [1.54, 1.807) is 12.3 Å². The minimum Gasteiger partial charge on any atom is -0.353 e. The number of aromatic nitrogens is 3. The van der Waals surface area contributed by atoms with E-state index in [1.165, 1.54) is 23.7 Å². The molecule has 1 fully saturated rings. The quantitative estimate of drug-likeness (QED) is 0.643. The van der Waals surface area contributed by atoms with Crippen LogP contribution in [0.15, 0.2) is 53.1 Å². The molecule has 0 amide bonds. The average Bonchev–Trinajstić information content (AvgIpc) is 3.25. The van der Waals surface area contributed by atoms with Gasteiger partial charge in [0.2, 0.25) is 5.95 Å². The zero-order valence-electron chi connectivity index (χ0n) is 16.0. The molecule has 29 heavy (non-hydrogen) atoms. The van der Waals surface area contributed by atoms with Crippen molar-refractivity contribution in [3.63, 3.8) is 0 Å². The minimum absolute atomic E-state index is 0.295. The predicted molar refractivity (Wildman–Crippen MR) is 115 cm³/mol. The van der Waals surface area contributed by atoms with Crippen molar-refractivity contribution in [3.05, 3.63) is 53.8 Å². The number of hydrogen-bond donors (Lipinski definition) is 1. The summed E-state index contributed by atoms with van der Waals surface area (Å²) in [6.45, 7) is 5.20. The number of pyridine rings is 1. The van der Waals surface area contributed by atoms with Gasteiger partial charge in [-0.3, -0.25) is 4.72 Å². The van der Waals surface area contributed by atoms with Crippen LogP contribution in [0.25, 0.3) is 0 Å². The molecule has 0 radical (unpaired) electrons. The number of rotatable bonds is 6. The summed E-state index contributed by atoms with van der Waals surface area (Å²) in [5.41, 5.74) is 0.354. The van der Waals surface area contributed by atoms with Crippen molar-refractivity contribution in [2.45, 2.75) is 17.6 Å². The van der Waals surface area contributed by atoms with Crippen LogP contribution in [0.5, 0.6) is 0 Å². The zero-order valence-corrected chi connectivity index (χ0v) is 17.7. The molecule has 0 unspecified atom stereocenters. The Balaban J connectivity index is 1.38. The number of aryl methyl sites for hydroxylation is 1. The highest BCUT2D eigenvalue weighted by atomic mass is 32.2. The van der Waals surface area contributed by atoms with Gasteiger partial charge in [-0.25, -0.2) is 23.4 Å². The highest BCUT2D eigenvalue weighted by Gasteiger charge is 2.21. The second kappa shape index (κ2) is 8.34. The smallest absolute Gasteiger partial charge is 0.271 e. The van der Waals surface area contributed by atoms with E-state index in [0.29, 0.717) is 15.8 Å². The Morgan fingerprint density at radius 3 is 2.34 bits per heavy atom. The molecule has 0 aliphatic carbocycles. The van der Waals surface area contributed by atoms with Crippen LogP contribution in [-0.4, -0.2) is 49.5 Å². The molecule has 3 aromatic rings. The lowest BCUT2D eigenvalue weighted by Crippen LogP contribution is -2.47. The van der Waals surface area contributed by atoms with E-state index in [0.717, 1.165) is 43.3 Å². The van der Waals surface area contributed by atoms with Crippen LogP contribution in [0.2, 0.25) is 0 Å². The van der Waals surface area contributed by atoms with Gasteiger partial charge in [0.15, 0.2) is 0 Å². The van der Waals surface area contributed by atoms with Gasteiger partial charge in [0, 0.05) is 37.3 Å². The Morgan fingerprint density at radius 1 is 1.00 bits per heavy atom. The molecule has 1 N–H and O–H groups in total. The van der Waals surface area contributed by atoms with E-state index < -0.39 is 10.0 Å². The predicted octanol–water partition coefficient (Wildman–Crippen LogP) is 2.62. The highest BCUT2D eigenvalue weighted by molar-refractivity contribution is 7.94. The Hall–Kier alpha value is -2.72. The molecule has 1 aliphatic rings. The molecule has 0 saturated carbocycles. The third-order valence-electron chi connectivity index (χ3n) is 4.68. The molecule has 4 heterocycles. The molecule has 0 atom stereocenters. The summed E-state index contributed by atoms with van der Waals surface area (Å²) >= 11 is 1.27. The van der Waals surface area contributed by atoms with Gasteiger partial charge >= 0.3 is 0 Å². The summed E-state index contributed by atoms with van der Waals surface area (Å²) in [6.07, 6.45) is 5.63. The van der Waals surface area contributed by atoms with Crippen molar-refractivity contribution >= 4 is 38.8 Å². The first-order valence-electron chi connectivity index (χ1n) is 9.39. The summed E-state index contributed by atoms with van der Waals surface area (Å²) in [6, 6.07) is 9.36. The van der Waals surface area contributed by atoms with Crippen LogP contribution >= 0.6 is 11.3 Å². The Morgan fingerprint density at radius 2 is 1.72 bits per heavy atom.